The minimum absolute atomic E-state index is 0.193. The molecule has 2 aromatic rings. The predicted molar refractivity (Wildman–Crippen MR) is 106 cm³/mol. The van der Waals surface area contributed by atoms with E-state index in [4.69, 9.17) is 6.42 Å². The van der Waals surface area contributed by atoms with Crippen LogP contribution in [0.4, 0.5) is 5.69 Å². The van der Waals surface area contributed by atoms with Crippen LogP contribution in [0, 0.1) is 12.3 Å². The van der Waals surface area contributed by atoms with Gasteiger partial charge in [0.2, 0.25) is 5.91 Å². The first-order chi connectivity index (χ1) is 13.0. The summed E-state index contributed by atoms with van der Waals surface area (Å²) in [6.45, 7) is -0.316. The van der Waals surface area contributed by atoms with Crippen LogP contribution in [0.1, 0.15) is 29.5 Å². The Labute approximate surface area is 160 Å². The highest BCUT2D eigenvalue weighted by Crippen LogP contribution is 2.28. The van der Waals surface area contributed by atoms with E-state index in [0.717, 1.165) is 35.6 Å². The molecule has 6 heteroatoms. The lowest BCUT2D eigenvalue weighted by Crippen LogP contribution is -2.39. The van der Waals surface area contributed by atoms with E-state index < -0.39 is 15.9 Å². The highest BCUT2D eigenvalue weighted by atomic mass is 32.2. The van der Waals surface area contributed by atoms with Crippen LogP contribution >= 0.6 is 0 Å². The molecule has 140 valence electrons. The number of anilines is 1. The fourth-order valence-electron chi connectivity index (χ4n) is 3.27. The summed E-state index contributed by atoms with van der Waals surface area (Å²) in [5, 5.41) is 2.48. The standard InChI is InChI=1S/C21H22N2O3S/c1-3-16-7-6-10-19(13-16)23(15-21(24)22-2)27(25,26)20-12-11-17-8-4-5-9-18(17)14-20/h1,6-7,10-14H,4-5,8-9,15H2,2H3,(H,22,24). The van der Waals surface area contributed by atoms with Gasteiger partial charge in [-0.2, -0.15) is 0 Å². The molecule has 27 heavy (non-hydrogen) atoms. The Kier molecular flexibility index (Phi) is 5.52. The third kappa shape index (κ3) is 3.99. The maximum atomic E-state index is 13.4. The Bertz CT molecular complexity index is 1010. The van der Waals surface area contributed by atoms with E-state index in [1.54, 1.807) is 36.4 Å². The third-order valence-electron chi connectivity index (χ3n) is 4.77. The number of amides is 1. The average Bonchev–Trinajstić information content (AvgIpc) is 2.71. The number of hydrogen-bond acceptors (Lipinski definition) is 3. The van der Waals surface area contributed by atoms with Gasteiger partial charge in [0, 0.05) is 12.6 Å². The smallest absolute Gasteiger partial charge is 0.264 e. The number of aryl methyl sites for hydroxylation is 2. The van der Waals surface area contributed by atoms with Crippen molar-refractivity contribution in [3.63, 3.8) is 0 Å². The van der Waals surface area contributed by atoms with Crippen molar-refractivity contribution in [3.05, 3.63) is 59.2 Å². The summed E-state index contributed by atoms with van der Waals surface area (Å²) in [5.41, 5.74) is 3.19. The largest absolute Gasteiger partial charge is 0.358 e. The molecule has 0 fully saturated rings. The van der Waals surface area contributed by atoms with E-state index in [-0.39, 0.29) is 11.4 Å². The van der Waals surface area contributed by atoms with Crippen molar-refractivity contribution in [1.82, 2.24) is 5.32 Å². The van der Waals surface area contributed by atoms with Crippen molar-refractivity contribution >= 4 is 21.6 Å². The highest BCUT2D eigenvalue weighted by Gasteiger charge is 2.28. The fourth-order valence-corrected chi connectivity index (χ4v) is 4.74. The maximum absolute atomic E-state index is 13.4. The van der Waals surface area contributed by atoms with Crippen molar-refractivity contribution in [1.29, 1.82) is 0 Å². The molecule has 0 spiro atoms. The van der Waals surface area contributed by atoms with Gasteiger partial charge < -0.3 is 5.32 Å². The summed E-state index contributed by atoms with van der Waals surface area (Å²) in [7, 11) is -2.44. The number of likely N-dealkylation sites (N-methyl/N-ethyl adjacent to an activating group) is 1. The second kappa shape index (κ2) is 7.85. The molecule has 1 aliphatic carbocycles. The third-order valence-corrected chi connectivity index (χ3v) is 6.54. The SMILES string of the molecule is C#Cc1cccc(N(CC(=O)NC)S(=O)(=O)c2ccc3c(c2)CCCC3)c1. The molecule has 0 unspecified atom stereocenters. The summed E-state index contributed by atoms with van der Waals surface area (Å²) < 4.78 is 27.8. The van der Waals surface area contributed by atoms with E-state index in [0.29, 0.717) is 11.3 Å². The van der Waals surface area contributed by atoms with Crippen molar-refractivity contribution in [2.24, 2.45) is 0 Å². The van der Waals surface area contributed by atoms with Gasteiger partial charge in [0.1, 0.15) is 6.54 Å². The molecule has 3 rings (SSSR count). The molecular weight excluding hydrogens is 360 g/mol. The maximum Gasteiger partial charge on any atom is 0.264 e. The molecule has 0 saturated carbocycles. The number of sulfonamides is 1. The van der Waals surface area contributed by atoms with Crippen LogP contribution in [0.15, 0.2) is 47.4 Å². The average molecular weight is 382 g/mol. The van der Waals surface area contributed by atoms with Gasteiger partial charge >= 0.3 is 0 Å². The van der Waals surface area contributed by atoms with E-state index in [1.807, 2.05) is 6.07 Å². The van der Waals surface area contributed by atoms with Crippen molar-refractivity contribution in [2.75, 3.05) is 17.9 Å². The Hall–Kier alpha value is -2.78. The second-order valence-electron chi connectivity index (χ2n) is 6.52. The lowest BCUT2D eigenvalue weighted by Gasteiger charge is -2.25. The van der Waals surface area contributed by atoms with E-state index in [2.05, 4.69) is 11.2 Å². The lowest BCUT2D eigenvalue weighted by atomic mass is 9.92. The summed E-state index contributed by atoms with van der Waals surface area (Å²) in [5.74, 6) is 2.10. The van der Waals surface area contributed by atoms with Gasteiger partial charge in [-0.25, -0.2) is 8.42 Å². The normalized spacial score (nSPS) is 13.3. The topological polar surface area (TPSA) is 66.5 Å². The van der Waals surface area contributed by atoms with Crippen LogP contribution in [0.2, 0.25) is 0 Å². The molecule has 0 aliphatic heterocycles. The molecular formula is C21H22N2O3S. The number of carbonyl (C=O) groups is 1. The summed E-state index contributed by atoms with van der Waals surface area (Å²) >= 11 is 0. The number of nitrogens with one attached hydrogen (secondary N) is 1. The molecule has 0 heterocycles. The zero-order valence-corrected chi connectivity index (χ0v) is 16.1. The summed E-state index contributed by atoms with van der Waals surface area (Å²) in [6, 6.07) is 11.9. The van der Waals surface area contributed by atoms with Crippen LogP contribution in [0.5, 0.6) is 0 Å². The van der Waals surface area contributed by atoms with Crippen LogP contribution in [0.25, 0.3) is 0 Å². The zero-order chi connectivity index (χ0) is 19.4. The molecule has 1 amide bonds. The van der Waals surface area contributed by atoms with Gasteiger partial charge in [-0.3, -0.25) is 9.10 Å². The first kappa shape index (κ1) is 19.0. The zero-order valence-electron chi connectivity index (χ0n) is 15.2. The molecule has 0 aromatic heterocycles. The molecule has 0 atom stereocenters. The molecule has 5 nitrogen and oxygen atoms in total. The number of fused-ring (bicyclic) bond motifs is 1. The minimum atomic E-state index is -3.91. The molecule has 1 aliphatic rings. The molecule has 0 bridgehead atoms. The summed E-state index contributed by atoms with van der Waals surface area (Å²) in [6.07, 6.45) is 9.48. The van der Waals surface area contributed by atoms with Gasteiger partial charge in [-0.15, -0.1) is 6.42 Å². The van der Waals surface area contributed by atoms with Crippen molar-refractivity contribution in [3.8, 4) is 12.3 Å². The quantitative estimate of drug-likeness (QED) is 0.808. The van der Waals surface area contributed by atoms with E-state index in [9.17, 15) is 13.2 Å². The molecule has 0 saturated heterocycles. The Balaban J connectivity index is 2.07. The van der Waals surface area contributed by atoms with Gasteiger partial charge in [-0.05, 0) is 67.1 Å². The van der Waals surface area contributed by atoms with Crippen LogP contribution < -0.4 is 9.62 Å². The Morgan fingerprint density at radius 2 is 1.89 bits per heavy atom. The number of nitrogens with zero attached hydrogens (tertiary/aromatic N) is 1. The van der Waals surface area contributed by atoms with Crippen LogP contribution in [0.3, 0.4) is 0 Å². The monoisotopic (exact) mass is 382 g/mol. The van der Waals surface area contributed by atoms with Gasteiger partial charge in [0.05, 0.1) is 10.6 Å². The van der Waals surface area contributed by atoms with Gasteiger partial charge in [0.15, 0.2) is 0 Å². The van der Waals surface area contributed by atoms with Gasteiger partial charge in [-0.1, -0.05) is 18.1 Å². The summed E-state index contributed by atoms with van der Waals surface area (Å²) in [4.78, 5) is 12.2. The van der Waals surface area contributed by atoms with Crippen LogP contribution in [-0.2, 0) is 27.7 Å². The first-order valence-electron chi connectivity index (χ1n) is 8.87. The number of terminal acetylenes is 1. The lowest BCUT2D eigenvalue weighted by molar-refractivity contribution is -0.119. The van der Waals surface area contributed by atoms with Crippen molar-refractivity contribution < 1.29 is 13.2 Å². The first-order valence-corrected chi connectivity index (χ1v) is 10.3. The highest BCUT2D eigenvalue weighted by molar-refractivity contribution is 7.92. The van der Waals surface area contributed by atoms with Crippen molar-refractivity contribution in [2.45, 2.75) is 30.6 Å². The second-order valence-corrected chi connectivity index (χ2v) is 8.38. The predicted octanol–water partition coefficient (Wildman–Crippen LogP) is 2.49. The number of benzene rings is 2. The Morgan fingerprint density at radius 1 is 1.15 bits per heavy atom. The number of hydrogen-bond donors (Lipinski definition) is 1. The molecule has 1 N–H and O–H groups in total. The minimum Gasteiger partial charge on any atom is -0.358 e. The number of rotatable bonds is 5. The fraction of sp³-hybridized carbons (Fsp3) is 0.286. The van der Waals surface area contributed by atoms with E-state index in [1.165, 1.54) is 12.6 Å². The Morgan fingerprint density at radius 3 is 2.59 bits per heavy atom. The van der Waals surface area contributed by atoms with Gasteiger partial charge in [0.25, 0.3) is 10.0 Å². The molecule has 2 aromatic carbocycles. The number of carbonyl (C=O) groups excluding carboxylic acids is 1. The van der Waals surface area contributed by atoms with Crippen LogP contribution in [-0.4, -0.2) is 27.9 Å². The molecule has 0 radical (unpaired) electrons. The van der Waals surface area contributed by atoms with E-state index >= 15 is 0 Å².